The van der Waals surface area contributed by atoms with Gasteiger partial charge in [-0.25, -0.2) is 0 Å². The van der Waals surface area contributed by atoms with E-state index in [9.17, 15) is 0 Å². The first-order chi connectivity index (χ1) is 7.31. The van der Waals surface area contributed by atoms with Gasteiger partial charge in [-0.1, -0.05) is 19.3 Å². The Morgan fingerprint density at radius 3 is 1.53 bits per heavy atom. The van der Waals surface area contributed by atoms with E-state index in [4.69, 9.17) is 11.5 Å². The molecule has 0 fully saturated rings. The number of rotatable bonds is 11. The van der Waals surface area contributed by atoms with Crippen LogP contribution in [0, 0.1) is 0 Å². The maximum absolute atomic E-state index is 5.45. The molecule has 15 heavy (non-hydrogen) atoms. The second-order valence-electron chi connectivity index (χ2n) is 4.36. The minimum absolute atomic E-state index is 0.836. The van der Waals surface area contributed by atoms with Crippen LogP contribution in [0.4, 0.5) is 0 Å². The molecule has 0 heterocycles. The predicted octanol–water partition coefficient (Wildman–Crippen LogP) is 1.57. The van der Waals surface area contributed by atoms with Crippen LogP contribution in [0.25, 0.3) is 0 Å². The number of nitrogens with two attached hydrogens (primary N) is 2. The van der Waals surface area contributed by atoms with Crippen LogP contribution in [0.1, 0.15) is 44.9 Å². The average Bonchev–Trinajstić information content (AvgIpc) is 2.24. The molecule has 0 aromatic carbocycles. The highest BCUT2D eigenvalue weighted by atomic mass is 15.1. The lowest BCUT2D eigenvalue weighted by molar-refractivity contribution is 0.315. The minimum Gasteiger partial charge on any atom is -0.330 e. The standard InChI is InChI=1S/C12H29N3/c1-15(12-8-4-6-10-14)11-7-3-2-5-9-13/h2-14H2,1H3. The fraction of sp³-hybridized carbons (Fsp3) is 1.00. The lowest BCUT2D eigenvalue weighted by Crippen LogP contribution is -2.21. The van der Waals surface area contributed by atoms with E-state index in [1.165, 1.54) is 58.0 Å². The van der Waals surface area contributed by atoms with Crippen LogP contribution in [0.5, 0.6) is 0 Å². The van der Waals surface area contributed by atoms with Crippen molar-refractivity contribution in [3.63, 3.8) is 0 Å². The van der Waals surface area contributed by atoms with Gasteiger partial charge in [0.2, 0.25) is 0 Å². The molecule has 0 aromatic rings. The van der Waals surface area contributed by atoms with E-state index in [1.807, 2.05) is 0 Å². The van der Waals surface area contributed by atoms with Gasteiger partial charge < -0.3 is 16.4 Å². The molecule has 4 N–H and O–H groups in total. The van der Waals surface area contributed by atoms with Gasteiger partial charge in [-0.15, -0.1) is 0 Å². The maximum atomic E-state index is 5.45. The minimum atomic E-state index is 0.836. The summed E-state index contributed by atoms with van der Waals surface area (Å²) >= 11 is 0. The predicted molar refractivity (Wildman–Crippen MR) is 67.9 cm³/mol. The average molecular weight is 215 g/mol. The summed E-state index contributed by atoms with van der Waals surface area (Å²) in [5, 5.41) is 0. The fourth-order valence-electron chi connectivity index (χ4n) is 1.69. The van der Waals surface area contributed by atoms with E-state index >= 15 is 0 Å². The molecule has 0 aliphatic carbocycles. The highest BCUT2D eigenvalue weighted by Crippen LogP contribution is 2.01. The number of hydrogen-bond acceptors (Lipinski definition) is 3. The molecule has 0 saturated carbocycles. The molecule has 0 aromatic heterocycles. The normalized spacial score (nSPS) is 11.2. The van der Waals surface area contributed by atoms with Gasteiger partial charge in [-0.2, -0.15) is 0 Å². The lowest BCUT2D eigenvalue weighted by Gasteiger charge is -2.16. The SMILES string of the molecule is CN(CCCCCN)CCCCCCN. The van der Waals surface area contributed by atoms with Crippen molar-refractivity contribution in [1.82, 2.24) is 4.90 Å². The van der Waals surface area contributed by atoms with Crippen LogP contribution < -0.4 is 11.5 Å². The van der Waals surface area contributed by atoms with Crippen LogP contribution in [-0.4, -0.2) is 38.1 Å². The smallest absolute Gasteiger partial charge is 0.00218 e. The van der Waals surface area contributed by atoms with Crippen molar-refractivity contribution in [2.75, 3.05) is 33.2 Å². The Morgan fingerprint density at radius 2 is 1.07 bits per heavy atom. The summed E-state index contributed by atoms with van der Waals surface area (Å²) < 4.78 is 0. The van der Waals surface area contributed by atoms with Crippen molar-refractivity contribution >= 4 is 0 Å². The second kappa shape index (κ2) is 12.0. The van der Waals surface area contributed by atoms with Crippen LogP contribution in [0.2, 0.25) is 0 Å². The first kappa shape index (κ1) is 14.9. The van der Waals surface area contributed by atoms with E-state index in [-0.39, 0.29) is 0 Å². The summed E-state index contributed by atoms with van der Waals surface area (Å²) in [6, 6.07) is 0. The summed E-state index contributed by atoms with van der Waals surface area (Å²) in [4.78, 5) is 2.43. The van der Waals surface area contributed by atoms with Gasteiger partial charge >= 0.3 is 0 Å². The second-order valence-corrected chi connectivity index (χ2v) is 4.36. The van der Waals surface area contributed by atoms with Gasteiger partial charge in [-0.05, 0) is 58.9 Å². The molecule has 0 saturated heterocycles. The zero-order chi connectivity index (χ0) is 11.4. The molecule has 3 nitrogen and oxygen atoms in total. The van der Waals surface area contributed by atoms with E-state index in [0.29, 0.717) is 0 Å². The van der Waals surface area contributed by atoms with Crippen molar-refractivity contribution in [2.24, 2.45) is 11.5 Å². The van der Waals surface area contributed by atoms with Gasteiger partial charge in [0.15, 0.2) is 0 Å². The third kappa shape index (κ3) is 11.8. The van der Waals surface area contributed by atoms with Crippen molar-refractivity contribution in [1.29, 1.82) is 0 Å². The highest BCUT2D eigenvalue weighted by Gasteiger charge is 1.97. The number of hydrogen-bond donors (Lipinski definition) is 2. The number of nitrogens with zero attached hydrogens (tertiary/aromatic N) is 1. The fourth-order valence-corrected chi connectivity index (χ4v) is 1.69. The quantitative estimate of drug-likeness (QED) is 0.514. The first-order valence-electron chi connectivity index (χ1n) is 6.40. The molecule has 3 heteroatoms. The molecule has 0 radical (unpaired) electrons. The van der Waals surface area contributed by atoms with Crippen LogP contribution in [-0.2, 0) is 0 Å². The Labute approximate surface area is 95.2 Å². The molecule has 0 spiro atoms. The Bertz CT molecular complexity index is 117. The van der Waals surface area contributed by atoms with Gasteiger partial charge in [0, 0.05) is 0 Å². The van der Waals surface area contributed by atoms with Crippen LogP contribution >= 0.6 is 0 Å². The molecule has 0 bridgehead atoms. The van der Waals surface area contributed by atoms with Gasteiger partial charge in [-0.3, -0.25) is 0 Å². The third-order valence-corrected chi connectivity index (χ3v) is 2.74. The number of unbranched alkanes of at least 4 members (excludes halogenated alkanes) is 5. The molecule has 0 amide bonds. The van der Waals surface area contributed by atoms with Gasteiger partial charge in [0.05, 0.1) is 0 Å². The third-order valence-electron chi connectivity index (χ3n) is 2.74. The van der Waals surface area contributed by atoms with Gasteiger partial charge in [0.1, 0.15) is 0 Å². The van der Waals surface area contributed by atoms with E-state index in [0.717, 1.165) is 13.1 Å². The maximum Gasteiger partial charge on any atom is -0.00218 e. The summed E-state index contributed by atoms with van der Waals surface area (Å²) in [5.74, 6) is 0. The molecule has 0 unspecified atom stereocenters. The summed E-state index contributed by atoms with van der Waals surface area (Å²) in [5.41, 5.74) is 10.9. The summed E-state index contributed by atoms with van der Waals surface area (Å²) in [7, 11) is 2.21. The molecule has 0 aliphatic rings. The van der Waals surface area contributed by atoms with Crippen molar-refractivity contribution < 1.29 is 0 Å². The Morgan fingerprint density at radius 1 is 0.667 bits per heavy atom. The topological polar surface area (TPSA) is 55.3 Å². The highest BCUT2D eigenvalue weighted by molar-refractivity contribution is 4.53. The monoisotopic (exact) mass is 215 g/mol. The Balaban J connectivity index is 3.08. The molecule has 92 valence electrons. The van der Waals surface area contributed by atoms with Crippen molar-refractivity contribution in [3.05, 3.63) is 0 Å². The van der Waals surface area contributed by atoms with Crippen molar-refractivity contribution in [3.8, 4) is 0 Å². The van der Waals surface area contributed by atoms with Crippen LogP contribution in [0.3, 0.4) is 0 Å². The Hall–Kier alpha value is -0.120. The van der Waals surface area contributed by atoms with Gasteiger partial charge in [0.25, 0.3) is 0 Å². The molecule has 0 aliphatic heterocycles. The van der Waals surface area contributed by atoms with E-state index in [1.54, 1.807) is 0 Å². The Kier molecular flexibility index (Phi) is 11.9. The first-order valence-corrected chi connectivity index (χ1v) is 6.40. The van der Waals surface area contributed by atoms with E-state index in [2.05, 4.69) is 11.9 Å². The molecular weight excluding hydrogens is 186 g/mol. The largest absolute Gasteiger partial charge is 0.330 e. The molecule has 0 rings (SSSR count). The van der Waals surface area contributed by atoms with Crippen molar-refractivity contribution in [2.45, 2.75) is 44.9 Å². The van der Waals surface area contributed by atoms with Crippen LogP contribution in [0.15, 0.2) is 0 Å². The lowest BCUT2D eigenvalue weighted by atomic mass is 10.2. The summed E-state index contributed by atoms with van der Waals surface area (Å²) in [6.45, 7) is 4.13. The summed E-state index contributed by atoms with van der Waals surface area (Å²) in [6.07, 6.45) is 8.84. The molecule has 0 atom stereocenters. The molecular formula is C12H29N3. The zero-order valence-electron chi connectivity index (χ0n) is 10.4. The van der Waals surface area contributed by atoms with E-state index < -0.39 is 0 Å². The zero-order valence-corrected chi connectivity index (χ0v) is 10.4.